The van der Waals surface area contributed by atoms with Crippen molar-refractivity contribution in [3.8, 4) is 0 Å². The second kappa shape index (κ2) is 9.06. The molecule has 2 bridgehead atoms. The summed E-state index contributed by atoms with van der Waals surface area (Å²) in [4.78, 5) is 22.0. The number of hydrogen-bond acceptors (Lipinski definition) is 4. The lowest BCUT2D eigenvalue weighted by Gasteiger charge is -2.31. The molecule has 3 saturated heterocycles. The largest absolute Gasteiger partial charge is 0.356 e. The molecule has 1 aromatic rings. The molecule has 0 saturated carbocycles. The molecule has 25 heavy (non-hydrogen) atoms. The van der Waals surface area contributed by atoms with E-state index in [2.05, 4.69) is 15.2 Å². The highest BCUT2D eigenvalue weighted by Crippen LogP contribution is 2.25. The van der Waals surface area contributed by atoms with Crippen molar-refractivity contribution in [1.82, 2.24) is 15.2 Å². The average Bonchev–Trinajstić information content (AvgIpc) is 2.94. The maximum Gasteiger partial charge on any atom is 0.257 e. The number of aromatic nitrogens is 1. The maximum absolute atomic E-state index is 13.1. The lowest BCUT2D eigenvalue weighted by atomic mass is 10.1. The van der Waals surface area contributed by atoms with E-state index < -0.39 is 0 Å². The average molecular weight is 387 g/mol. The number of carbonyl (C=O) groups is 1. The molecule has 3 aliphatic heterocycles. The number of anilines is 1. The van der Waals surface area contributed by atoms with Crippen LogP contribution < -0.4 is 10.2 Å². The van der Waals surface area contributed by atoms with Gasteiger partial charge < -0.3 is 15.1 Å². The summed E-state index contributed by atoms with van der Waals surface area (Å²) < 4.78 is 0. The van der Waals surface area contributed by atoms with Crippen molar-refractivity contribution in [2.24, 2.45) is 0 Å². The van der Waals surface area contributed by atoms with Crippen molar-refractivity contribution in [3.63, 3.8) is 0 Å². The van der Waals surface area contributed by atoms with E-state index in [-0.39, 0.29) is 30.7 Å². The minimum atomic E-state index is 0. The third-order valence-electron chi connectivity index (χ3n) is 5.48. The van der Waals surface area contributed by atoms with E-state index in [4.69, 9.17) is 0 Å². The molecule has 140 valence electrons. The Bertz CT molecular complexity index is 580. The molecule has 3 fully saturated rings. The zero-order valence-electron chi connectivity index (χ0n) is 14.5. The zero-order valence-corrected chi connectivity index (χ0v) is 16.2. The Morgan fingerprint density at radius 2 is 1.80 bits per heavy atom. The van der Waals surface area contributed by atoms with Gasteiger partial charge in [-0.25, -0.2) is 4.98 Å². The Morgan fingerprint density at radius 1 is 1.04 bits per heavy atom. The van der Waals surface area contributed by atoms with Crippen LogP contribution in [0.5, 0.6) is 0 Å². The number of nitrogens with one attached hydrogen (secondary N) is 1. The normalized spacial score (nSPS) is 25.6. The summed E-state index contributed by atoms with van der Waals surface area (Å²) in [6.45, 7) is 3.73. The number of pyridine rings is 1. The van der Waals surface area contributed by atoms with Crippen LogP contribution in [0.4, 0.5) is 5.82 Å². The first-order valence-corrected chi connectivity index (χ1v) is 9.06. The second-order valence-electron chi connectivity index (χ2n) is 7.10. The smallest absolute Gasteiger partial charge is 0.257 e. The van der Waals surface area contributed by atoms with E-state index in [1.807, 2.05) is 23.2 Å². The molecule has 1 amide bonds. The van der Waals surface area contributed by atoms with Crippen LogP contribution in [-0.2, 0) is 0 Å². The molecule has 4 rings (SSSR count). The number of nitrogens with zero attached hydrogens (tertiary/aromatic N) is 3. The quantitative estimate of drug-likeness (QED) is 0.848. The highest BCUT2D eigenvalue weighted by molar-refractivity contribution is 5.99. The first-order chi connectivity index (χ1) is 11.3. The Kier molecular flexibility index (Phi) is 7.35. The van der Waals surface area contributed by atoms with Gasteiger partial charge in [0, 0.05) is 44.5 Å². The van der Waals surface area contributed by atoms with E-state index in [0.717, 1.165) is 44.0 Å². The van der Waals surface area contributed by atoms with Crippen molar-refractivity contribution in [1.29, 1.82) is 0 Å². The highest BCUT2D eigenvalue weighted by Gasteiger charge is 2.32. The first-order valence-electron chi connectivity index (χ1n) is 9.06. The van der Waals surface area contributed by atoms with E-state index in [0.29, 0.717) is 12.1 Å². The van der Waals surface area contributed by atoms with E-state index >= 15 is 0 Å². The maximum atomic E-state index is 13.1. The van der Waals surface area contributed by atoms with Gasteiger partial charge in [0.05, 0.1) is 5.56 Å². The van der Waals surface area contributed by atoms with Gasteiger partial charge in [-0.3, -0.25) is 4.79 Å². The summed E-state index contributed by atoms with van der Waals surface area (Å²) in [7, 11) is 0. The van der Waals surface area contributed by atoms with Crippen LogP contribution >= 0.6 is 24.8 Å². The molecule has 0 aromatic carbocycles. The van der Waals surface area contributed by atoms with E-state index in [1.54, 1.807) is 0 Å². The molecule has 1 N–H and O–H groups in total. The highest BCUT2D eigenvalue weighted by atomic mass is 35.5. The number of fused-ring (bicyclic) bond motifs is 2. The van der Waals surface area contributed by atoms with Gasteiger partial charge in [0.1, 0.15) is 5.82 Å². The molecular weight excluding hydrogens is 359 g/mol. The third-order valence-corrected chi connectivity index (χ3v) is 5.48. The number of hydrogen-bond donors (Lipinski definition) is 1. The third kappa shape index (κ3) is 4.39. The van der Waals surface area contributed by atoms with Gasteiger partial charge in [0.25, 0.3) is 5.91 Å². The van der Waals surface area contributed by atoms with Gasteiger partial charge in [-0.2, -0.15) is 0 Å². The number of halogens is 2. The molecule has 3 aliphatic rings. The van der Waals surface area contributed by atoms with Gasteiger partial charge in [-0.15, -0.1) is 24.8 Å². The van der Waals surface area contributed by atoms with Crippen LogP contribution in [0.25, 0.3) is 0 Å². The standard InChI is InChI=1S/C18H26N4O.2ClH/c23-18(22-12-8-14-6-7-15(13-22)20-14)16-5-4-9-19-17(16)21-10-2-1-3-11-21;;/h4-5,9,14-15,20H,1-3,6-8,10-13H2;2*1H. The molecule has 0 spiro atoms. The van der Waals surface area contributed by atoms with Crippen LogP contribution in [0.15, 0.2) is 18.3 Å². The predicted molar refractivity (Wildman–Crippen MR) is 105 cm³/mol. The molecule has 2 atom stereocenters. The summed E-state index contributed by atoms with van der Waals surface area (Å²) in [5.74, 6) is 1.05. The summed E-state index contributed by atoms with van der Waals surface area (Å²) >= 11 is 0. The number of carbonyl (C=O) groups excluding carboxylic acids is 1. The second-order valence-corrected chi connectivity index (χ2v) is 7.10. The molecule has 0 aliphatic carbocycles. The Balaban J connectivity index is 0.00000113. The van der Waals surface area contributed by atoms with Gasteiger partial charge >= 0.3 is 0 Å². The van der Waals surface area contributed by atoms with Crippen LogP contribution in [-0.4, -0.2) is 54.1 Å². The summed E-state index contributed by atoms with van der Waals surface area (Å²) in [6, 6.07) is 4.92. The Hall–Kier alpha value is -1.04. The zero-order chi connectivity index (χ0) is 15.6. The van der Waals surface area contributed by atoms with E-state index in [1.165, 1.54) is 32.1 Å². The van der Waals surface area contributed by atoms with Crippen LogP contribution in [0.2, 0.25) is 0 Å². The lowest BCUT2D eigenvalue weighted by molar-refractivity contribution is 0.0748. The molecule has 2 unspecified atom stereocenters. The fourth-order valence-corrected chi connectivity index (χ4v) is 4.22. The number of amides is 1. The molecular formula is C18H28Cl2N4O. The van der Waals surface area contributed by atoms with Gasteiger partial charge in [-0.05, 0) is 50.7 Å². The van der Waals surface area contributed by atoms with Crippen molar-refractivity contribution in [3.05, 3.63) is 23.9 Å². The Labute approximate surface area is 162 Å². The summed E-state index contributed by atoms with van der Waals surface area (Å²) in [5.41, 5.74) is 0.784. The summed E-state index contributed by atoms with van der Waals surface area (Å²) in [6.07, 6.45) is 9.02. The number of piperidine rings is 1. The fraction of sp³-hybridized carbons (Fsp3) is 0.667. The van der Waals surface area contributed by atoms with Crippen molar-refractivity contribution >= 4 is 36.5 Å². The van der Waals surface area contributed by atoms with Gasteiger partial charge in [0.15, 0.2) is 0 Å². The van der Waals surface area contributed by atoms with Crippen molar-refractivity contribution in [2.45, 2.75) is 50.6 Å². The minimum absolute atomic E-state index is 0. The van der Waals surface area contributed by atoms with Crippen LogP contribution in [0.1, 0.15) is 48.9 Å². The van der Waals surface area contributed by atoms with Crippen molar-refractivity contribution in [2.75, 3.05) is 31.1 Å². The lowest BCUT2D eigenvalue weighted by Crippen LogP contribution is -2.40. The monoisotopic (exact) mass is 386 g/mol. The van der Waals surface area contributed by atoms with Crippen LogP contribution in [0, 0.1) is 0 Å². The molecule has 0 radical (unpaired) electrons. The van der Waals surface area contributed by atoms with E-state index in [9.17, 15) is 4.79 Å². The van der Waals surface area contributed by atoms with Gasteiger partial charge in [-0.1, -0.05) is 0 Å². The van der Waals surface area contributed by atoms with Gasteiger partial charge in [0.2, 0.25) is 0 Å². The molecule has 7 heteroatoms. The molecule has 4 heterocycles. The van der Waals surface area contributed by atoms with Crippen molar-refractivity contribution < 1.29 is 4.79 Å². The SMILES string of the molecule is Cl.Cl.O=C(c1cccnc1N1CCCCC1)N1CCC2CCC(C1)N2. The fourth-order valence-electron chi connectivity index (χ4n) is 4.22. The minimum Gasteiger partial charge on any atom is -0.356 e. The number of likely N-dealkylation sites (tertiary alicyclic amines) is 1. The first kappa shape index (κ1) is 20.3. The number of rotatable bonds is 2. The molecule has 1 aromatic heterocycles. The topological polar surface area (TPSA) is 48.5 Å². The predicted octanol–water partition coefficient (Wildman–Crippen LogP) is 2.88. The van der Waals surface area contributed by atoms with Crippen LogP contribution in [0.3, 0.4) is 0 Å². The Morgan fingerprint density at radius 3 is 2.60 bits per heavy atom. The summed E-state index contributed by atoms with van der Waals surface area (Å²) in [5, 5.41) is 3.65. The molecule has 5 nitrogen and oxygen atoms in total.